The summed E-state index contributed by atoms with van der Waals surface area (Å²) < 4.78 is 37.1. The van der Waals surface area contributed by atoms with E-state index in [1.165, 1.54) is 31.3 Å². The van der Waals surface area contributed by atoms with Crippen molar-refractivity contribution >= 4 is 50.7 Å². The molecule has 2 atom stereocenters. The van der Waals surface area contributed by atoms with Crippen molar-refractivity contribution in [3.63, 3.8) is 0 Å². The molecule has 0 bridgehead atoms. The van der Waals surface area contributed by atoms with Gasteiger partial charge in [0.15, 0.2) is 0 Å². The standard InChI is InChI=1S/C25H33Cl2N3O6S/c1-7-16(2)28-25(32)17(3)29(14-19-20(26)9-8-10-21(19)27)24(31)15-30(37(6,33)34)22-12-11-18(35-4)13-23(22)36-5/h8-13,16-17H,7,14-15H2,1-6H3,(H,28,32)/t16-,17+/m0/s1. The van der Waals surface area contributed by atoms with Crippen LogP contribution in [0.1, 0.15) is 32.8 Å². The largest absolute Gasteiger partial charge is 0.497 e. The summed E-state index contributed by atoms with van der Waals surface area (Å²) >= 11 is 12.7. The monoisotopic (exact) mass is 573 g/mol. The maximum absolute atomic E-state index is 13.7. The molecule has 0 fully saturated rings. The third-order valence-electron chi connectivity index (χ3n) is 5.89. The van der Waals surface area contributed by atoms with Crippen LogP contribution in [0.25, 0.3) is 0 Å². The Labute approximate surface area is 228 Å². The van der Waals surface area contributed by atoms with Gasteiger partial charge in [-0.3, -0.25) is 13.9 Å². The number of nitrogens with one attached hydrogen (secondary N) is 1. The van der Waals surface area contributed by atoms with E-state index in [1.54, 1.807) is 31.2 Å². The molecule has 0 aliphatic rings. The van der Waals surface area contributed by atoms with Crippen molar-refractivity contribution in [3.05, 3.63) is 52.0 Å². The van der Waals surface area contributed by atoms with E-state index in [-0.39, 0.29) is 29.9 Å². The molecule has 0 radical (unpaired) electrons. The highest BCUT2D eigenvalue weighted by Crippen LogP contribution is 2.34. The Bertz CT molecular complexity index is 1200. The highest BCUT2D eigenvalue weighted by Gasteiger charge is 2.32. The lowest BCUT2D eigenvalue weighted by molar-refractivity contribution is -0.139. The van der Waals surface area contributed by atoms with Gasteiger partial charge in [0.25, 0.3) is 0 Å². The number of halogens is 2. The number of rotatable bonds is 12. The minimum Gasteiger partial charge on any atom is -0.497 e. The van der Waals surface area contributed by atoms with E-state index in [9.17, 15) is 18.0 Å². The van der Waals surface area contributed by atoms with Gasteiger partial charge in [0.1, 0.15) is 24.1 Å². The average molecular weight is 575 g/mol. The molecule has 2 aromatic rings. The van der Waals surface area contributed by atoms with E-state index < -0.39 is 28.5 Å². The number of anilines is 1. The minimum atomic E-state index is -3.94. The topological polar surface area (TPSA) is 105 Å². The van der Waals surface area contributed by atoms with Crippen LogP contribution in [-0.4, -0.2) is 64.2 Å². The molecule has 0 aliphatic heterocycles. The number of benzene rings is 2. The molecule has 2 amide bonds. The maximum atomic E-state index is 13.7. The summed E-state index contributed by atoms with van der Waals surface area (Å²) in [5, 5.41) is 3.49. The summed E-state index contributed by atoms with van der Waals surface area (Å²) in [7, 11) is -1.09. The Morgan fingerprint density at radius 3 is 2.19 bits per heavy atom. The fraction of sp³-hybridized carbons (Fsp3) is 0.440. The zero-order valence-electron chi connectivity index (χ0n) is 21.7. The number of ether oxygens (including phenoxy) is 2. The van der Waals surface area contributed by atoms with Crippen LogP contribution in [0.3, 0.4) is 0 Å². The number of carbonyl (C=O) groups excluding carboxylic acids is 2. The summed E-state index contributed by atoms with van der Waals surface area (Å²) in [6.45, 7) is 4.64. The van der Waals surface area contributed by atoms with Crippen molar-refractivity contribution in [1.82, 2.24) is 10.2 Å². The van der Waals surface area contributed by atoms with Crippen LogP contribution < -0.4 is 19.1 Å². The Morgan fingerprint density at radius 2 is 1.68 bits per heavy atom. The predicted octanol–water partition coefficient (Wildman–Crippen LogP) is 4.11. The number of nitrogens with zero attached hydrogens (tertiary/aromatic N) is 2. The highest BCUT2D eigenvalue weighted by molar-refractivity contribution is 7.92. The molecule has 0 aromatic heterocycles. The average Bonchev–Trinajstić information content (AvgIpc) is 2.85. The second kappa shape index (κ2) is 13.2. The summed E-state index contributed by atoms with van der Waals surface area (Å²) in [6, 6.07) is 8.41. The van der Waals surface area contributed by atoms with Gasteiger partial charge in [-0.1, -0.05) is 36.2 Å². The van der Waals surface area contributed by atoms with Gasteiger partial charge in [-0.25, -0.2) is 8.42 Å². The maximum Gasteiger partial charge on any atom is 0.244 e. The Balaban J connectivity index is 2.52. The molecule has 0 heterocycles. The molecule has 0 saturated carbocycles. The van der Waals surface area contributed by atoms with Crippen LogP contribution >= 0.6 is 23.2 Å². The Hall–Kier alpha value is -2.69. The van der Waals surface area contributed by atoms with Gasteiger partial charge in [-0.2, -0.15) is 0 Å². The van der Waals surface area contributed by atoms with Gasteiger partial charge in [-0.15, -0.1) is 0 Å². The molecule has 0 saturated heterocycles. The van der Waals surface area contributed by atoms with E-state index in [0.29, 0.717) is 27.8 Å². The zero-order chi connectivity index (χ0) is 27.9. The molecule has 1 N–H and O–H groups in total. The van der Waals surface area contributed by atoms with E-state index in [0.717, 1.165) is 10.6 Å². The number of hydrogen-bond acceptors (Lipinski definition) is 6. The number of sulfonamides is 1. The van der Waals surface area contributed by atoms with Crippen molar-refractivity contribution in [3.8, 4) is 11.5 Å². The first-order chi connectivity index (χ1) is 17.3. The van der Waals surface area contributed by atoms with Gasteiger partial charge in [-0.05, 0) is 44.5 Å². The summed E-state index contributed by atoms with van der Waals surface area (Å²) in [4.78, 5) is 28.0. The van der Waals surface area contributed by atoms with Crippen molar-refractivity contribution in [1.29, 1.82) is 0 Å². The van der Waals surface area contributed by atoms with Crippen LogP contribution in [0.5, 0.6) is 11.5 Å². The molecule has 0 aliphatic carbocycles. The first-order valence-electron chi connectivity index (χ1n) is 11.6. The van der Waals surface area contributed by atoms with Crippen molar-refractivity contribution in [2.45, 2.75) is 45.8 Å². The lowest BCUT2D eigenvalue weighted by atomic mass is 10.1. The zero-order valence-corrected chi connectivity index (χ0v) is 24.1. The van der Waals surface area contributed by atoms with Gasteiger partial charge < -0.3 is 19.7 Å². The summed E-state index contributed by atoms with van der Waals surface area (Å²) in [5.74, 6) is -0.378. The van der Waals surface area contributed by atoms with E-state index in [4.69, 9.17) is 32.7 Å². The van der Waals surface area contributed by atoms with Gasteiger partial charge in [0.2, 0.25) is 21.8 Å². The second-order valence-electron chi connectivity index (χ2n) is 8.52. The van der Waals surface area contributed by atoms with E-state index >= 15 is 0 Å². The first kappa shape index (κ1) is 30.5. The Kier molecular flexibility index (Phi) is 10.9. The summed E-state index contributed by atoms with van der Waals surface area (Å²) in [5.41, 5.74) is 0.585. The molecule has 0 unspecified atom stereocenters. The molecule has 0 spiro atoms. The number of amides is 2. The van der Waals surface area contributed by atoms with Crippen LogP contribution in [0, 0.1) is 0 Å². The molecule has 204 valence electrons. The second-order valence-corrected chi connectivity index (χ2v) is 11.2. The number of carbonyl (C=O) groups is 2. The minimum absolute atomic E-state index is 0.107. The lowest BCUT2D eigenvalue weighted by Gasteiger charge is -2.32. The van der Waals surface area contributed by atoms with Crippen molar-refractivity contribution in [2.24, 2.45) is 0 Å². The number of methoxy groups -OCH3 is 2. The lowest BCUT2D eigenvalue weighted by Crippen LogP contribution is -2.52. The molecule has 37 heavy (non-hydrogen) atoms. The smallest absolute Gasteiger partial charge is 0.244 e. The Morgan fingerprint density at radius 1 is 1.05 bits per heavy atom. The molecular weight excluding hydrogens is 541 g/mol. The molecule has 2 rings (SSSR count). The third-order valence-corrected chi connectivity index (χ3v) is 7.73. The van der Waals surface area contributed by atoms with Gasteiger partial charge in [0, 0.05) is 34.3 Å². The first-order valence-corrected chi connectivity index (χ1v) is 14.2. The van der Waals surface area contributed by atoms with E-state index in [2.05, 4.69) is 5.32 Å². The van der Waals surface area contributed by atoms with Gasteiger partial charge in [0.05, 0.1) is 26.2 Å². The van der Waals surface area contributed by atoms with Crippen LogP contribution in [0.15, 0.2) is 36.4 Å². The van der Waals surface area contributed by atoms with Crippen molar-refractivity contribution in [2.75, 3.05) is 31.3 Å². The fourth-order valence-electron chi connectivity index (χ4n) is 3.49. The fourth-order valence-corrected chi connectivity index (χ4v) is 4.86. The van der Waals surface area contributed by atoms with E-state index in [1.807, 2.05) is 13.8 Å². The SMILES string of the molecule is CC[C@H](C)NC(=O)[C@@H](C)N(Cc1c(Cl)cccc1Cl)C(=O)CN(c1ccc(OC)cc1OC)S(C)(=O)=O. The summed E-state index contributed by atoms with van der Waals surface area (Å²) in [6.07, 6.45) is 1.68. The van der Waals surface area contributed by atoms with Crippen molar-refractivity contribution < 1.29 is 27.5 Å². The van der Waals surface area contributed by atoms with Crippen LogP contribution in [-0.2, 0) is 26.2 Å². The van der Waals surface area contributed by atoms with Crippen LogP contribution in [0.2, 0.25) is 10.0 Å². The third kappa shape index (κ3) is 7.90. The predicted molar refractivity (Wildman–Crippen MR) is 146 cm³/mol. The normalized spacial score (nSPS) is 12.9. The quantitative estimate of drug-likeness (QED) is 0.409. The highest BCUT2D eigenvalue weighted by atomic mass is 35.5. The molecule has 2 aromatic carbocycles. The number of hydrogen-bond donors (Lipinski definition) is 1. The molecular formula is C25H33Cl2N3O6S. The molecule has 9 nitrogen and oxygen atoms in total. The molecule has 12 heteroatoms. The van der Waals surface area contributed by atoms with Crippen LogP contribution in [0.4, 0.5) is 5.69 Å². The van der Waals surface area contributed by atoms with Gasteiger partial charge >= 0.3 is 0 Å².